The molecular weight excluding hydrogens is 294 g/mol. The van der Waals surface area contributed by atoms with Crippen LogP contribution in [0.4, 0.5) is 0 Å². The molecule has 1 aliphatic heterocycles. The first kappa shape index (κ1) is 16.1. The third kappa shape index (κ3) is 5.19. The van der Waals surface area contributed by atoms with E-state index in [1.54, 1.807) is 12.1 Å². The number of ether oxygens (including phenoxy) is 2. The van der Waals surface area contributed by atoms with Crippen LogP contribution in [0.3, 0.4) is 0 Å². The average Bonchev–Trinajstić information content (AvgIpc) is 2.48. The minimum atomic E-state index is -0.850. The lowest BCUT2D eigenvalue weighted by Crippen LogP contribution is -2.46. The molecule has 0 spiro atoms. The van der Waals surface area contributed by atoms with E-state index in [1.165, 1.54) is 0 Å². The Hall–Kier alpha value is -1.30. The van der Waals surface area contributed by atoms with Gasteiger partial charge in [-0.1, -0.05) is 23.7 Å². The first-order chi connectivity index (χ1) is 10.1. The second-order valence-electron chi connectivity index (χ2n) is 5.14. The van der Waals surface area contributed by atoms with Gasteiger partial charge in [-0.25, -0.2) is 0 Å². The Bertz CT molecular complexity index is 474. The van der Waals surface area contributed by atoms with Crippen LogP contribution in [0.1, 0.15) is 19.3 Å². The van der Waals surface area contributed by atoms with Crippen molar-refractivity contribution in [2.45, 2.75) is 24.9 Å². The molecule has 2 N–H and O–H groups in total. The number of carbonyl (C=O) groups is 1. The lowest BCUT2D eigenvalue weighted by Gasteiger charge is -2.32. The van der Waals surface area contributed by atoms with Gasteiger partial charge in [0.05, 0.1) is 23.7 Å². The fraction of sp³-hybridized carbons (Fsp3) is 0.533. The second-order valence-corrected chi connectivity index (χ2v) is 5.55. The summed E-state index contributed by atoms with van der Waals surface area (Å²) in [6, 6.07) is 7.13. The molecule has 1 fully saturated rings. The molecule has 1 saturated heterocycles. The molecule has 1 amide bonds. The van der Waals surface area contributed by atoms with Crippen molar-refractivity contribution < 1.29 is 19.4 Å². The number of para-hydroxylation sites is 1. The first-order valence-corrected chi connectivity index (χ1v) is 7.41. The van der Waals surface area contributed by atoms with E-state index in [0.717, 1.165) is 0 Å². The average molecular weight is 314 g/mol. The first-order valence-electron chi connectivity index (χ1n) is 7.03. The molecule has 1 heterocycles. The maximum atomic E-state index is 11.7. The van der Waals surface area contributed by atoms with Crippen LogP contribution in [0.2, 0.25) is 5.02 Å². The van der Waals surface area contributed by atoms with Gasteiger partial charge in [0.2, 0.25) is 5.91 Å². The Kier molecular flexibility index (Phi) is 5.85. The monoisotopic (exact) mass is 313 g/mol. The summed E-state index contributed by atoms with van der Waals surface area (Å²) in [4.78, 5) is 11.7. The summed E-state index contributed by atoms with van der Waals surface area (Å²) in [7, 11) is 0. The van der Waals surface area contributed by atoms with Crippen molar-refractivity contribution >= 4 is 17.5 Å². The molecule has 0 aliphatic carbocycles. The van der Waals surface area contributed by atoms with E-state index < -0.39 is 5.60 Å². The highest BCUT2D eigenvalue weighted by molar-refractivity contribution is 6.32. The number of nitrogens with one attached hydrogen (secondary N) is 1. The quantitative estimate of drug-likeness (QED) is 0.840. The molecule has 2 rings (SSSR count). The summed E-state index contributed by atoms with van der Waals surface area (Å²) >= 11 is 5.95. The molecule has 1 aliphatic rings. The van der Waals surface area contributed by atoms with Gasteiger partial charge < -0.3 is 19.9 Å². The fourth-order valence-electron chi connectivity index (χ4n) is 2.10. The van der Waals surface area contributed by atoms with Gasteiger partial charge in [0.15, 0.2) is 0 Å². The lowest BCUT2D eigenvalue weighted by atomic mass is 9.94. The van der Waals surface area contributed by atoms with Crippen molar-refractivity contribution in [3.63, 3.8) is 0 Å². The maximum Gasteiger partial charge on any atom is 0.223 e. The molecule has 0 bridgehead atoms. The van der Waals surface area contributed by atoms with Gasteiger partial charge in [-0.15, -0.1) is 0 Å². The number of rotatable bonds is 6. The zero-order valence-corrected chi connectivity index (χ0v) is 12.6. The summed E-state index contributed by atoms with van der Waals surface area (Å²) in [5, 5.41) is 13.5. The number of benzene rings is 1. The van der Waals surface area contributed by atoms with E-state index in [4.69, 9.17) is 21.1 Å². The van der Waals surface area contributed by atoms with Gasteiger partial charge in [-0.3, -0.25) is 4.79 Å². The molecule has 1 aromatic rings. The van der Waals surface area contributed by atoms with E-state index in [1.807, 2.05) is 12.1 Å². The second kappa shape index (κ2) is 7.64. The number of amides is 1. The largest absolute Gasteiger partial charge is 0.491 e. The Labute approximate surface area is 129 Å². The van der Waals surface area contributed by atoms with Gasteiger partial charge >= 0.3 is 0 Å². The topological polar surface area (TPSA) is 67.8 Å². The van der Waals surface area contributed by atoms with Gasteiger partial charge in [-0.2, -0.15) is 0 Å². The fourth-order valence-corrected chi connectivity index (χ4v) is 2.29. The van der Waals surface area contributed by atoms with Crippen LogP contribution in [0, 0.1) is 0 Å². The van der Waals surface area contributed by atoms with Crippen molar-refractivity contribution in [1.29, 1.82) is 0 Å². The molecule has 116 valence electrons. The number of hydrogen-bond donors (Lipinski definition) is 2. The molecular formula is C15H20ClNO4. The zero-order valence-electron chi connectivity index (χ0n) is 11.8. The van der Waals surface area contributed by atoms with Crippen molar-refractivity contribution in [2.24, 2.45) is 0 Å². The predicted octanol–water partition coefficient (Wildman–Crippen LogP) is 1.77. The third-order valence-corrected chi connectivity index (χ3v) is 3.77. The summed E-state index contributed by atoms with van der Waals surface area (Å²) in [5.74, 6) is 0.414. The van der Waals surface area contributed by atoms with Gasteiger partial charge in [-0.05, 0) is 12.1 Å². The van der Waals surface area contributed by atoms with Gasteiger partial charge in [0.25, 0.3) is 0 Å². The number of hydrogen-bond acceptors (Lipinski definition) is 4. The molecule has 0 unspecified atom stereocenters. The zero-order chi connectivity index (χ0) is 15.1. The summed E-state index contributed by atoms with van der Waals surface area (Å²) in [6.45, 7) is 1.56. The van der Waals surface area contributed by atoms with E-state index in [9.17, 15) is 9.90 Å². The molecule has 0 saturated carbocycles. The molecule has 0 radical (unpaired) electrons. The summed E-state index contributed by atoms with van der Waals surface area (Å²) in [6.07, 6.45) is 1.31. The van der Waals surface area contributed by atoms with Crippen molar-refractivity contribution in [3.05, 3.63) is 29.3 Å². The number of carbonyl (C=O) groups excluding carboxylic acids is 1. The highest BCUT2D eigenvalue weighted by Crippen LogP contribution is 2.23. The smallest absolute Gasteiger partial charge is 0.223 e. The Morgan fingerprint density at radius 3 is 2.81 bits per heavy atom. The van der Waals surface area contributed by atoms with Crippen LogP contribution in [0.25, 0.3) is 0 Å². The van der Waals surface area contributed by atoms with Crippen molar-refractivity contribution in [1.82, 2.24) is 5.32 Å². The van der Waals surface area contributed by atoms with Crippen LogP contribution in [0.15, 0.2) is 24.3 Å². The minimum Gasteiger partial charge on any atom is -0.491 e. The molecule has 6 heteroatoms. The summed E-state index contributed by atoms with van der Waals surface area (Å²) < 4.78 is 10.6. The Morgan fingerprint density at radius 2 is 2.10 bits per heavy atom. The van der Waals surface area contributed by atoms with E-state index in [0.29, 0.717) is 36.8 Å². The standard InChI is InChI=1S/C15H20ClNO4/c16-12-3-1-2-4-13(12)21-8-5-14(18)17-11-15(19)6-9-20-10-7-15/h1-4,19H,5-11H2,(H,17,18). The van der Waals surface area contributed by atoms with E-state index in [-0.39, 0.29) is 25.5 Å². The van der Waals surface area contributed by atoms with E-state index >= 15 is 0 Å². The van der Waals surface area contributed by atoms with E-state index in [2.05, 4.69) is 5.32 Å². The lowest BCUT2D eigenvalue weighted by molar-refractivity contribution is -0.124. The van der Waals surface area contributed by atoms with Crippen LogP contribution in [0.5, 0.6) is 5.75 Å². The highest BCUT2D eigenvalue weighted by atomic mass is 35.5. The Balaban J connectivity index is 1.67. The normalized spacial score (nSPS) is 17.2. The van der Waals surface area contributed by atoms with Gasteiger partial charge in [0, 0.05) is 32.6 Å². The SMILES string of the molecule is O=C(CCOc1ccccc1Cl)NCC1(O)CCOCC1. The van der Waals surface area contributed by atoms with Crippen molar-refractivity contribution in [3.8, 4) is 5.75 Å². The maximum absolute atomic E-state index is 11.7. The van der Waals surface area contributed by atoms with Gasteiger partial charge in [0.1, 0.15) is 5.75 Å². The third-order valence-electron chi connectivity index (χ3n) is 3.46. The highest BCUT2D eigenvalue weighted by Gasteiger charge is 2.29. The number of halogens is 1. The molecule has 5 nitrogen and oxygen atoms in total. The van der Waals surface area contributed by atoms with Crippen LogP contribution >= 0.6 is 11.6 Å². The minimum absolute atomic E-state index is 0.151. The molecule has 21 heavy (non-hydrogen) atoms. The predicted molar refractivity (Wildman–Crippen MR) is 79.6 cm³/mol. The Morgan fingerprint density at radius 1 is 1.38 bits per heavy atom. The van der Waals surface area contributed by atoms with Crippen LogP contribution in [-0.2, 0) is 9.53 Å². The van der Waals surface area contributed by atoms with Crippen molar-refractivity contribution in [2.75, 3.05) is 26.4 Å². The molecule has 0 aromatic heterocycles. The summed E-state index contributed by atoms with van der Waals surface area (Å²) in [5.41, 5.74) is -0.850. The van der Waals surface area contributed by atoms with Crippen LogP contribution < -0.4 is 10.1 Å². The molecule has 1 aromatic carbocycles. The number of aliphatic hydroxyl groups is 1. The van der Waals surface area contributed by atoms with Crippen LogP contribution in [-0.4, -0.2) is 43.0 Å². The molecule has 0 atom stereocenters.